The number of carbonyl (C=O) groups is 1. The fourth-order valence-corrected chi connectivity index (χ4v) is 2.54. The third kappa shape index (κ3) is 2.82. The van der Waals surface area contributed by atoms with E-state index in [4.69, 9.17) is 0 Å². The lowest BCUT2D eigenvalue weighted by molar-refractivity contribution is 0.102. The van der Waals surface area contributed by atoms with Crippen molar-refractivity contribution in [1.82, 2.24) is 19.7 Å². The van der Waals surface area contributed by atoms with Crippen molar-refractivity contribution in [1.29, 1.82) is 0 Å². The Morgan fingerprint density at radius 2 is 2.10 bits per heavy atom. The summed E-state index contributed by atoms with van der Waals surface area (Å²) in [5, 5.41) is 12.1. The molecule has 1 N–H and O–H groups in total. The predicted molar refractivity (Wildman–Crippen MR) is 80.8 cm³/mol. The number of hydrogen-bond donors (Lipinski definition) is 1. The van der Waals surface area contributed by atoms with Gasteiger partial charge in [-0.3, -0.25) is 14.7 Å². The molecular formula is C14H13N5OS. The molecule has 0 aliphatic rings. The Labute approximate surface area is 125 Å². The van der Waals surface area contributed by atoms with Gasteiger partial charge in [0.15, 0.2) is 0 Å². The van der Waals surface area contributed by atoms with Crippen LogP contribution in [0.4, 0.5) is 5.13 Å². The van der Waals surface area contributed by atoms with E-state index in [0.29, 0.717) is 10.8 Å². The van der Waals surface area contributed by atoms with Crippen LogP contribution in [-0.2, 0) is 6.42 Å². The smallest absolute Gasteiger partial charge is 0.276 e. The molecule has 3 aromatic rings. The summed E-state index contributed by atoms with van der Waals surface area (Å²) in [5.74, 6) is -0.254. The number of rotatable bonds is 4. The number of hydrogen-bond acceptors (Lipinski definition) is 5. The Bertz CT molecular complexity index is 750. The first-order valence-corrected chi connectivity index (χ1v) is 7.31. The molecule has 1 amide bonds. The minimum atomic E-state index is -0.254. The Hall–Kier alpha value is -2.54. The molecule has 2 aromatic heterocycles. The Balaban J connectivity index is 1.84. The number of carbonyl (C=O) groups excluding carboxylic acids is 1. The maximum atomic E-state index is 12.3. The van der Waals surface area contributed by atoms with Crippen LogP contribution in [0.15, 0.2) is 42.9 Å². The summed E-state index contributed by atoms with van der Waals surface area (Å²) in [6, 6.07) is 9.58. The highest BCUT2D eigenvalue weighted by atomic mass is 32.1. The summed E-state index contributed by atoms with van der Waals surface area (Å²) in [6.07, 6.45) is 3.95. The maximum absolute atomic E-state index is 12.3. The molecule has 0 saturated carbocycles. The van der Waals surface area contributed by atoms with Crippen LogP contribution in [0.2, 0.25) is 0 Å². The molecule has 106 valence electrons. The molecule has 6 nitrogen and oxygen atoms in total. The summed E-state index contributed by atoms with van der Waals surface area (Å²) in [6.45, 7) is 2.00. The molecule has 0 fully saturated rings. The van der Waals surface area contributed by atoms with E-state index in [0.717, 1.165) is 17.1 Å². The summed E-state index contributed by atoms with van der Waals surface area (Å²) >= 11 is 1.38. The first-order valence-electron chi connectivity index (χ1n) is 6.49. The lowest BCUT2D eigenvalue weighted by Gasteiger charge is -2.06. The fraction of sp³-hybridized carbons (Fsp3) is 0.143. The van der Waals surface area contributed by atoms with Gasteiger partial charge in [0.25, 0.3) is 5.91 Å². The second kappa shape index (κ2) is 5.84. The van der Waals surface area contributed by atoms with Crippen molar-refractivity contribution < 1.29 is 4.79 Å². The number of para-hydroxylation sites is 1. The molecule has 7 heteroatoms. The summed E-state index contributed by atoms with van der Waals surface area (Å²) in [4.78, 5) is 16.4. The molecule has 0 atom stereocenters. The second-order valence-electron chi connectivity index (χ2n) is 4.29. The van der Waals surface area contributed by atoms with Gasteiger partial charge in [-0.25, -0.2) is 4.98 Å². The first-order chi connectivity index (χ1) is 10.3. The van der Waals surface area contributed by atoms with Gasteiger partial charge in [-0.1, -0.05) is 36.5 Å². The molecule has 0 aliphatic heterocycles. The molecule has 0 aliphatic carbocycles. The van der Waals surface area contributed by atoms with Gasteiger partial charge in [0, 0.05) is 5.69 Å². The van der Waals surface area contributed by atoms with Crippen molar-refractivity contribution in [3.05, 3.63) is 53.6 Å². The van der Waals surface area contributed by atoms with Gasteiger partial charge in [0.2, 0.25) is 5.13 Å². The van der Waals surface area contributed by atoms with Crippen LogP contribution < -0.4 is 5.32 Å². The lowest BCUT2D eigenvalue weighted by Crippen LogP contribution is -2.15. The number of nitrogens with one attached hydrogen (secondary N) is 1. The van der Waals surface area contributed by atoms with Gasteiger partial charge in [-0.05, 0) is 18.6 Å². The molecule has 0 spiro atoms. The minimum absolute atomic E-state index is 0.254. The normalized spacial score (nSPS) is 10.5. The SMILES string of the molecule is CCc1nnc(NC(=O)c2cncn2-c2ccccc2)s1. The van der Waals surface area contributed by atoms with Crippen molar-refractivity contribution in [2.24, 2.45) is 0 Å². The number of aromatic nitrogens is 4. The van der Waals surface area contributed by atoms with Crippen LogP contribution >= 0.6 is 11.3 Å². The van der Waals surface area contributed by atoms with Gasteiger partial charge in [-0.2, -0.15) is 0 Å². The van der Waals surface area contributed by atoms with Crippen molar-refractivity contribution in [3.8, 4) is 5.69 Å². The van der Waals surface area contributed by atoms with E-state index < -0.39 is 0 Å². The monoisotopic (exact) mass is 299 g/mol. The van der Waals surface area contributed by atoms with Crippen LogP contribution in [-0.4, -0.2) is 25.7 Å². The van der Waals surface area contributed by atoms with E-state index in [1.807, 2.05) is 37.3 Å². The average Bonchev–Trinajstić information content (AvgIpc) is 3.17. The number of amides is 1. The molecule has 1 aromatic carbocycles. The zero-order chi connectivity index (χ0) is 14.7. The van der Waals surface area contributed by atoms with E-state index in [1.165, 1.54) is 17.5 Å². The predicted octanol–water partition coefficient (Wildman–Crippen LogP) is 2.54. The summed E-state index contributed by atoms with van der Waals surface area (Å²) in [5.41, 5.74) is 1.33. The van der Waals surface area contributed by atoms with Crippen molar-refractivity contribution in [2.45, 2.75) is 13.3 Å². The Morgan fingerprint density at radius 3 is 2.81 bits per heavy atom. The Morgan fingerprint density at radius 1 is 1.29 bits per heavy atom. The van der Waals surface area contributed by atoms with Crippen LogP contribution in [0.5, 0.6) is 0 Å². The number of nitrogens with zero attached hydrogens (tertiary/aromatic N) is 4. The van der Waals surface area contributed by atoms with E-state index in [1.54, 1.807) is 10.9 Å². The van der Waals surface area contributed by atoms with Gasteiger partial charge in [0.05, 0.1) is 12.5 Å². The van der Waals surface area contributed by atoms with E-state index in [9.17, 15) is 4.79 Å². The number of imidazole rings is 1. The maximum Gasteiger partial charge on any atom is 0.276 e. The molecule has 2 heterocycles. The molecule has 0 saturated heterocycles. The minimum Gasteiger partial charge on any atom is -0.295 e. The standard InChI is InChI=1S/C14H13N5OS/c1-2-12-17-18-14(21-12)16-13(20)11-8-15-9-19(11)10-6-4-3-5-7-10/h3-9H,2H2,1H3,(H,16,18,20). The summed E-state index contributed by atoms with van der Waals surface area (Å²) < 4.78 is 1.73. The number of aryl methyl sites for hydroxylation is 1. The van der Waals surface area contributed by atoms with E-state index >= 15 is 0 Å². The van der Waals surface area contributed by atoms with Crippen molar-refractivity contribution in [2.75, 3.05) is 5.32 Å². The molecule has 3 rings (SSSR count). The summed E-state index contributed by atoms with van der Waals surface area (Å²) in [7, 11) is 0. The van der Waals surface area contributed by atoms with Crippen LogP contribution in [0.1, 0.15) is 22.4 Å². The van der Waals surface area contributed by atoms with Gasteiger partial charge in [-0.15, -0.1) is 10.2 Å². The zero-order valence-corrected chi connectivity index (χ0v) is 12.2. The lowest BCUT2D eigenvalue weighted by atomic mass is 10.3. The first kappa shape index (κ1) is 13.4. The highest BCUT2D eigenvalue weighted by Crippen LogP contribution is 2.17. The number of benzene rings is 1. The quantitative estimate of drug-likeness (QED) is 0.803. The third-order valence-electron chi connectivity index (χ3n) is 2.90. The third-order valence-corrected chi connectivity index (χ3v) is 3.88. The van der Waals surface area contributed by atoms with Crippen LogP contribution in [0.3, 0.4) is 0 Å². The van der Waals surface area contributed by atoms with Crippen molar-refractivity contribution in [3.63, 3.8) is 0 Å². The highest BCUT2D eigenvalue weighted by Gasteiger charge is 2.15. The highest BCUT2D eigenvalue weighted by molar-refractivity contribution is 7.15. The van der Waals surface area contributed by atoms with Crippen LogP contribution in [0.25, 0.3) is 5.69 Å². The van der Waals surface area contributed by atoms with E-state index in [2.05, 4.69) is 20.5 Å². The van der Waals surface area contributed by atoms with E-state index in [-0.39, 0.29) is 5.91 Å². The fourth-order valence-electron chi connectivity index (χ4n) is 1.87. The largest absolute Gasteiger partial charge is 0.295 e. The molecule has 0 bridgehead atoms. The van der Waals surface area contributed by atoms with Crippen molar-refractivity contribution >= 4 is 22.4 Å². The number of anilines is 1. The van der Waals surface area contributed by atoms with Gasteiger partial charge in [0.1, 0.15) is 10.7 Å². The molecular weight excluding hydrogens is 286 g/mol. The molecule has 0 radical (unpaired) electrons. The zero-order valence-electron chi connectivity index (χ0n) is 11.4. The molecule has 21 heavy (non-hydrogen) atoms. The van der Waals surface area contributed by atoms with Crippen LogP contribution in [0, 0.1) is 0 Å². The topological polar surface area (TPSA) is 72.7 Å². The van der Waals surface area contributed by atoms with Gasteiger partial charge < -0.3 is 0 Å². The Kier molecular flexibility index (Phi) is 3.74. The second-order valence-corrected chi connectivity index (χ2v) is 5.36. The average molecular weight is 299 g/mol. The molecule has 0 unspecified atom stereocenters. The van der Waals surface area contributed by atoms with Gasteiger partial charge >= 0.3 is 0 Å².